The normalized spacial score (nSPS) is 42.4. The Kier molecular flexibility index (Phi) is 2.31. The number of carbonyl (C=O) groups excluding carboxylic acids is 1. The van der Waals surface area contributed by atoms with Crippen molar-refractivity contribution in [3.63, 3.8) is 0 Å². The molecule has 5 aliphatic rings. The Morgan fingerprint density at radius 1 is 1.30 bits per heavy atom. The Labute approximate surface area is 134 Å². The second kappa shape index (κ2) is 3.86. The summed E-state index contributed by atoms with van der Waals surface area (Å²) in [5, 5.41) is 11.9. The van der Waals surface area contributed by atoms with E-state index in [1.165, 1.54) is 0 Å². The number of aryl methyl sites for hydroxylation is 2. The molecule has 0 aromatic heterocycles. The van der Waals surface area contributed by atoms with Gasteiger partial charge in [-0.2, -0.15) is 0 Å². The van der Waals surface area contributed by atoms with Crippen molar-refractivity contribution in [3.8, 4) is 0 Å². The molecule has 3 aliphatic carbocycles. The number of fused-ring (bicyclic) bond motifs is 2. The van der Waals surface area contributed by atoms with Gasteiger partial charge in [-0.1, -0.05) is 6.92 Å². The minimum absolute atomic E-state index is 0.0143. The summed E-state index contributed by atoms with van der Waals surface area (Å²) in [6.45, 7) is 4.01. The van der Waals surface area contributed by atoms with Crippen molar-refractivity contribution in [3.05, 3.63) is 44.6 Å². The summed E-state index contributed by atoms with van der Waals surface area (Å²) in [5.74, 6) is -0.196. The first-order valence-corrected chi connectivity index (χ1v) is 8.50. The van der Waals surface area contributed by atoms with E-state index in [0.29, 0.717) is 19.3 Å². The summed E-state index contributed by atoms with van der Waals surface area (Å²) >= 11 is 0. The SMILES string of the molecule is Cc1cc(=O)cc2c3c1C[C@H]1[C@H]4C[C@H](C)[C@@](CC2)(C(=O)O4)C31O. The molecule has 1 aromatic rings. The lowest BCUT2D eigenvalue weighted by Gasteiger charge is -2.62. The molecule has 0 radical (unpaired) electrons. The van der Waals surface area contributed by atoms with E-state index in [1.54, 1.807) is 12.1 Å². The van der Waals surface area contributed by atoms with Gasteiger partial charge >= 0.3 is 5.97 Å². The molecule has 3 fully saturated rings. The summed E-state index contributed by atoms with van der Waals surface area (Å²) in [5.41, 5.74) is 1.78. The Balaban J connectivity index is 1.92. The molecule has 0 amide bonds. The predicted octanol–water partition coefficient (Wildman–Crippen LogP) is 1.61. The molecule has 1 N–H and O–H groups in total. The van der Waals surface area contributed by atoms with Crippen molar-refractivity contribution in [2.75, 3.05) is 0 Å². The highest BCUT2D eigenvalue weighted by Gasteiger charge is 2.75. The summed E-state index contributed by atoms with van der Waals surface area (Å²) in [6.07, 6.45) is 2.55. The van der Waals surface area contributed by atoms with Gasteiger partial charge < -0.3 is 9.84 Å². The smallest absolute Gasteiger partial charge is 0.315 e. The van der Waals surface area contributed by atoms with E-state index in [-0.39, 0.29) is 29.3 Å². The number of carbonyl (C=O) groups is 1. The molecule has 5 atom stereocenters. The molecule has 1 unspecified atom stereocenters. The minimum atomic E-state index is -1.16. The highest BCUT2D eigenvalue weighted by molar-refractivity contribution is 5.83. The van der Waals surface area contributed by atoms with Crippen LogP contribution in [0.25, 0.3) is 0 Å². The highest BCUT2D eigenvalue weighted by atomic mass is 16.6. The van der Waals surface area contributed by atoms with Crippen molar-refractivity contribution >= 4 is 5.97 Å². The molecule has 4 nitrogen and oxygen atoms in total. The second-order valence-electron chi connectivity index (χ2n) is 7.88. The van der Waals surface area contributed by atoms with Crippen molar-refractivity contribution in [1.82, 2.24) is 0 Å². The lowest BCUT2D eigenvalue weighted by Crippen LogP contribution is -2.70. The first-order valence-electron chi connectivity index (χ1n) is 8.50. The fourth-order valence-electron chi connectivity index (χ4n) is 6.11. The second-order valence-corrected chi connectivity index (χ2v) is 7.88. The van der Waals surface area contributed by atoms with Gasteiger partial charge in [0.15, 0.2) is 5.43 Å². The molecule has 2 heterocycles. The molecule has 120 valence electrons. The van der Waals surface area contributed by atoms with E-state index in [2.05, 4.69) is 6.92 Å². The first kappa shape index (κ1) is 13.7. The van der Waals surface area contributed by atoms with Crippen LogP contribution in [0.3, 0.4) is 0 Å². The van der Waals surface area contributed by atoms with Gasteiger partial charge in [0, 0.05) is 5.92 Å². The lowest BCUT2D eigenvalue weighted by molar-refractivity contribution is -0.274. The number of hydrogen-bond donors (Lipinski definition) is 1. The van der Waals surface area contributed by atoms with E-state index in [9.17, 15) is 14.7 Å². The van der Waals surface area contributed by atoms with Crippen LogP contribution >= 0.6 is 0 Å². The summed E-state index contributed by atoms with van der Waals surface area (Å²) in [4.78, 5) is 24.9. The molecule has 1 saturated carbocycles. The average molecular weight is 312 g/mol. The van der Waals surface area contributed by atoms with Crippen LogP contribution in [-0.2, 0) is 28.0 Å². The Morgan fingerprint density at radius 2 is 2.09 bits per heavy atom. The molecule has 2 saturated heterocycles. The van der Waals surface area contributed by atoms with Crippen molar-refractivity contribution < 1.29 is 14.6 Å². The fraction of sp³-hybridized carbons (Fsp3) is 0.579. The Hall–Kier alpha value is -1.68. The van der Waals surface area contributed by atoms with Crippen LogP contribution in [0.1, 0.15) is 42.0 Å². The third-order valence-electron chi connectivity index (χ3n) is 7.08. The zero-order valence-electron chi connectivity index (χ0n) is 13.4. The van der Waals surface area contributed by atoms with Crippen LogP contribution in [0, 0.1) is 24.2 Å². The van der Waals surface area contributed by atoms with E-state index >= 15 is 0 Å². The zero-order chi connectivity index (χ0) is 16.1. The third-order valence-corrected chi connectivity index (χ3v) is 7.08. The van der Waals surface area contributed by atoms with Crippen molar-refractivity contribution in [2.45, 2.75) is 51.2 Å². The summed E-state index contributed by atoms with van der Waals surface area (Å²) in [7, 11) is 0. The number of ether oxygens (including phenoxy) is 1. The van der Waals surface area contributed by atoms with E-state index in [0.717, 1.165) is 28.7 Å². The Bertz CT molecular complexity index is 829. The average Bonchev–Trinajstić information content (AvgIpc) is 2.73. The largest absolute Gasteiger partial charge is 0.461 e. The van der Waals surface area contributed by atoms with Crippen LogP contribution in [0.15, 0.2) is 16.9 Å². The van der Waals surface area contributed by atoms with Gasteiger partial charge in [0.1, 0.15) is 17.1 Å². The summed E-state index contributed by atoms with van der Waals surface area (Å²) in [6, 6.07) is 3.33. The first-order chi connectivity index (χ1) is 10.9. The maximum absolute atomic E-state index is 12.8. The van der Waals surface area contributed by atoms with Gasteiger partial charge in [-0.15, -0.1) is 0 Å². The molecule has 2 aliphatic heterocycles. The number of hydrogen-bond acceptors (Lipinski definition) is 4. The molecule has 1 aromatic carbocycles. The van der Waals surface area contributed by atoms with Gasteiger partial charge in [0.05, 0.1) is 0 Å². The highest BCUT2D eigenvalue weighted by Crippen LogP contribution is 2.68. The summed E-state index contributed by atoms with van der Waals surface area (Å²) < 4.78 is 5.72. The maximum Gasteiger partial charge on any atom is 0.315 e. The maximum atomic E-state index is 12.8. The molecule has 23 heavy (non-hydrogen) atoms. The van der Waals surface area contributed by atoms with Crippen LogP contribution in [0.2, 0.25) is 0 Å². The van der Waals surface area contributed by atoms with E-state index in [4.69, 9.17) is 4.74 Å². The molecular weight excluding hydrogens is 292 g/mol. The molecule has 1 spiro atoms. The van der Waals surface area contributed by atoms with Crippen LogP contribution in [-0.4, -0.2) is 17.2 Å². The molecule has 6 rings (SSSR count). The molecular formula is C19H20O4. The van der Waals surface area contributed by atoms with E-state index < -0.39 is 11.0 Å². The monoisotopic (exact) mass is 312 g/mol. The standard InChI is InChI=1S/C19H20O4/c1-9-5-12(20)7-11-3-4-18-10(2)6-15(23-17(18)21)14-8-13(9)16(11)19(14,18)22/h5,7,10,14-15,22H,3-4,6,8H2,1-2H3/t10-,14-,15+,18-,19?/m0/s1. The quantitative estimate of drug-likeness (QED) is 0.739. The van der Waals surface area contributed by atoms with Gasteiger partial charge in [-0.25, -0.2) is 0 Å². The predicted molar refractivity (Wildman–Crippen MR) is 83.0 cm³/mol. The number of rotatable bonds is 0. The number of esters is 1. The fourth-order valence-corrected chi connectivity index (χ4v) is 6.11. The molecule has 4 heteroatoms. The zero-order valence-corrected chi connectivity index (χ0v) is 13.4. The van der Waals surface area contributed by atoms with Gasteiger partial charge in [0.2, 0.25) is 0 Å². The number of aliphatic hydroxyl groups is 1. The van der Waals surface area contributed by atoms with Crippen LogP contribution < -0.4 is 5.43 Å². The molecule has 2 bridgehead atoms. The van der Waals surface area contributed by atoms with Crippen molar-refractivity contribution in [1.29, 1.82) is 0 Å². The third kappa shape index (κ3) is 1.27. The van der Waals surface area contributed by atoms with Crippen LogP contribution in [0.4, 0.5) is 0 Å². The minimum Gasteiger partial charge on any atom is -0.461 e. The van der Waals surface area contributed by atoms with Gasteiger partial charge in [-0.05, 0) is 72.9 Å². The topological polar surface area (TPSA) is 63.6 Å². The van der Waals surface area contributed by atoms with Crippen LogP contribution in [0.5, 0.6) is 0 Å². The Morgan fingerprint density at radius 3 is 2.83 bits per heavy atom. The van der Waals surface area contributed by atoms with Crippen molar-refractivity contribution in [2.24, 2.45) is 17.3 Å². The van der Waals surface area contributed by atoms with Gasteiger partial charge in [0.25, 0.3) is 0 Å². The lowest BCUT2D eigenvalue weighted by atomic mass is 9.47. The van der Waals surface area contributed by atoms with E-state index in [1.807, 2.05) is 6.92 Å². The van der Waals surface area contributed by atoms with Gasteiger partial charge in [-0.3, -0.25) is 9.59 Å².